The number of hydrogen-bond donors (Lipinski definition) is 1. The molecule has 1 saturated carbocycles. The summed E-state index contributed by atoms with van der Waals surface area (Å²) in [5.74, 6) is 0.458. The maximum Gasteiger partial charge on any atom is 0.278 e. The Hall–Kier alpha value is -3.72. The molecule has 0 bridgehead atoms. The minimum absolute atomic E-state index is 0.116. The molecule has 0 spiro atoms. The molecule has 1 atom stereocenters. The molecule has 4 heterocycles. The number of nitrogens with one attached hydrogen (secondary N) is 1. The van der Waals surface area contributed by atoms with Gasteiger partial charge in [-0.2, -0.15) is 4.98 Å². The van der Waals surface area contributed by atoms with Gasteiger partial charge in [-0.25, -0.2) is 14.3 Å². The zero-order valence-electron chi connectivity index (χ0n) is 20.7. The quantitative estimate of drug-likeness (QED) is 0.537. The summed E-state index contributed by atoms with van der Waals surface area (Å²) in [6.07, 6.45) is 9.43. The standard InChI is InChI=1S/C27H32N8O/c1-3-13-34-26(36)22-18-28-27(29-20-8-10-21(11-9-20)33-16-14-32(2)15-17-33)31-25(22)35(34)24-12-7-19-5-4-6-23(19)30-24/h3,7-11,18,24H,1,4-6,12-17H2,2H3,(H,28,29,31). The molecular weight excluding hydrogens is 452 g/mol. The molecule has 36 heavy (non-hydrogen) atoms. The third-order valence-corrected chi connectivity index (χ3v) is 7.40. The molecule has 2 aromatic heterocycles. The third-order valence-electron chi connectivity index (χ3n) is 7.40. The maximum absolute atomic E-state index is 13.2. The fourth-order valence-corrected chi connectivity index (χ4v) is 5.41. The Labute approximate surface area is 210 Å². The van der Waals surface area contributed by atoms with Crippen LogP contribution in [0.4, 0.5) is 17.3 Å². The van der Waals surface area contributed by atoms with Crippen molar-refractivity contribution in [3.8, 4) is 0 Å². The average molecular weight is 485 g/mol. The van der Waals surface area contributed by atoms with Gasteiger partial charge >= 0.3 is 0 Å². The monoisotopic (exact) mass is 484 g/mol. The van der Waals surface area contributed by atoms with Crippen molar-refractivity contribution in [3.63, 3.8) is 0 Å². The van der Waals surface area contributed by atoms with Crippen molar-refractivity contribution < 1.29 is 0 Å². The van der Waals surface area contributed by atoms with Gasteiger partial charge in [0.1, 0.15) is 11.6 Å². The predicted octanol–water partition coefficient (Wildman–Crippen LogP) is 3.73. The average Bonchev–Trinajstić information content (AvgIpc) is 3.47. The zero-order valence-corrected chi connectivity index (χ0v) is 20.7. The molecule has 1 unspecified atom stereocenters. The first-order valence-corrected chi connectivity index (χ1v) is 12.8. The van der Waals surface area contributed by atoms with Crippen molar-refractivity contribution in [2.75, 3.05) is 43.4 Å². The second kappa shape index (κ2) is 9.39. The van der Waals surface area contributed by atoms with E-state index in [1.165, 1.54) is 17.0 Å². The molecule has 3 aromatic rings. The normalized spacial score (nSPS) is 20.2. The molecule has 9 nitrogen and oxygen atoms in total. The van der Waals surface area contributed by atoms with Gasteiger partial charge < -0.3 is 15.1 Å². The number of benzene rings is 1. The highest BCUT2D eigenvalue weighted by atomic mass is 16.1. The Morgan fingerprint density at radius 2 is 1.94 bits per heavy atom. The van der Waals surface area contributed by atoms with Crippen molar-refractivity contribution in [3.05, 3.63) is 65.1 Å². The Morgan fingerprint density at radius 1 is 1.14 bits per heavy atom. The number of nitrogens with zero attached hydrogens (tertiary/aromatic N) is 7. The Morgan fingerprint density at radius 3 is 2.72 bits per heavy atom. The van der Waals surface area contributed by atoms with Crippen molar-refractivity contribution in [2.24, 2.45) is 4.99 Å². The number of piperazine rings is 1. The Kier molecular flexibility index (Phi) is 5.92. The summed E-state index contributed by atoms with van der Waals surface area (Å²) in [5, 5.41) is 3.81. The number of allylic oxidation sites excluding steroid dienone is 2. The third kappa shape index (κ3) is 4.13. The number of aromatic nitrogens is 4. The Bertz CT molecular complexity index is 1410. The molecule has 2 fully saturated rings. The SMILES string of the molecule is C=CCn1c(=O)c2cnc(Nc3ccc(N4CCN(C)CC4)cc3)nc2n1C1CC=C2CCCC2=N1. The molecule has 9 heteroatoms. The molecule has 1 N–H and O–H groups in total. The molecule has 186 valence electrons. The van der Waals surface area contributed by atoms with Gasteiger partial charge in [-0.15, -0.1) is 6.58 Å². The first kappa shape index (κ1) is 22.7. The van der Waals surface area contributed by atoms with Crippen LogP contribution in [0.3, 0.4) is 0 Å². The van der Waals surface area contributed by atoms with Crippen LogP contribution in [0.2, 0.25) is 0 Å². The molecule has 3 aliphatic rings. The van der Waals surface area contributed by atoms with Gasteiger partial charge in [0.05, 0.1) is 6.54 Å². The number of hydrogen-bond acceptors (Lipinski definition) is 7. The van der Waals surface area contributed by atoms with E-state index in [1.54, 1.807) is 17.0 Å². The van der Waals surface area contributed by atoms with Crippen LogP contribution < -0.4 is 15.8 Å². The summed E-state index contributed by atoms with van der Waals surface area (Å²) in [6, 6.07) is 8.37. The number of rotatable bonds is 6. The maximum atomic E-state index is 13.2. The van der Waals surface area contributed by atoms with Gasteiger partial charge in [0, 0.05) is 55.9 Å². The van der Waals surface area contributed by atoms with Crippen LogP contribution in [-0.2, 0) is 6.54 Å². The van der Waals surface area contributed by atoms with Crippen molar-refractivity contribution in [1.82, 2.24) is 24.2 Å². The second-order valence-electron chi connectivity index (χ2n) is 9.79. The number of fused-ring (bicyclic) bond motifs is 2. The highest BCUT2D eigenvalue weighted by Gasteiger charge is 2.26. The first-order chi connectivity index (χ1) is 17.6. The lowest BCUT2D eigenvalue weighted by atomic mass is 10.1. The lowest BCUT2D eigenvalue weighted by Gasteiger charge is -2.34. The molecule has 1 aromatic carbocycles. The number of dihydropyridines is 1. The summed E-state index contributed by atoms with van der Waals surface area (Å²) >= 11 is 0. The topological polar surface area (TPSA) is 83.6 Å². The van der Waals surface area contributed by atoms with E-state index < -0.39 is 0 Å². The molecule has 0 radical (unpaired) electrons. The van der Waals surface area contributed by atoms with Gasteiger partial charge in [-0.3, -0.25) is 9.79 Å². The van der Waals surface area contributed by atoms with Crippen molar-refractivity contribution in [1.29, 1.82) is 0 Å². The van der Waals surface area contributed by atoms with E-state index in [9.17, 15) is 4.79 Å². The molecular formula is C27H32N8O. The van der Waals surface area contributed by atoms with Gasteiger partial charge in [-0.05, 0) is 56.1 Å². The van der Waals surface area contributed by atoms with Crippen molar-refractivity contribution in [2.45, 2.75) is 38.4 Å². The molecule has 1 saturated heterocycles. The fraction of sp³-hybridized carbons (Fsp3) is 0.407. The van der Waals surface area contributed by atoms with E-state index in [-0.39, 0.29) is 11.7 Å². The fourth-order valence-electron chi connectivity index (χ4n) is 5.41. The van der Waals surface area contributed by atoms with Crippen LogP contribution in [0.25, 0.3) is 11.0 Å². The van der Waals surface area contributed by atoms with Crippen LogP contribution in [0, 0.1) is 0 Å². The van der Waals surface area contributed by atoms with E-state index >= 15 is 0 Å². The van der Waals surface area contributed by atoms with Gasteiger partial charge in [-0.1, -0.05) is 12.2 Å². The summed E-state index contributed by atoms with van der Waals surface area (Å²) in [6.45, 7) is 8.45. The predicted molar refractivity (Wildman–Crippen MR) is 144 cm³/mol. The molecule has 6 rings (SSSR count). The van der Waals surface area contributed by atoms with E-state index in [0.717, 1.165) is 57.5 Å². The van der Waals surface area contributed by atoms with Crippen LogP contribution in [0.1, 0.15) is 31.8 Å². The van der Waals surface area contributed by atoms with Crippen LogP contribution in [-0.4, -0.2) is 63.2 Å². The minimum Gasteiger partial charge on any atom is -0.369 e. The van der Waals surface area contributed by atoms with Crippen LogP contribution in [0.15, 0.2) is 64.6 Å². The van der Waals surface area contributed by atoms with Crippen LogP contribution >= 0.6 is 0 Å². The lowest BCUT2D eigenvalue weighted by molar-refractivity contribution is 0.313. The van der Waals surface area contributed by atoms with Crippen molar-refractivity contribution >= 4 is 34.1 Å². The lowest BCUT2D eigenvalue weighted by Crippen LogP contribution is -2.44. The summed E-state index contributed by atoms with van der Waals surface area (Å²) in [5.41, 5.74) is 5.13. The van der Waals surface area contributed by atoms with Gasteiger partial charge in [0.15, 0.2) is 5.65 Å². The first-order valence-electron chi connectivity index (χ1n) is 12.8. The highest BCUT2D eigenvalue weighted by Crippen LogP contribution is 2.32. The minimum atomic E-state index is -0.197. The van der Waals surface area contributed by atoms with E-state index in [0.29, 0.717) is 23.5 Å². The number of aliphatic imine (C=N–C) groups is 1. The summed E-state index contributed by atoms with van der Waals surface area (Å²) in [4.78, 5) is 32.2. The molecule has 1 aliphatic carbocycles. The zero-order chi connectivity index (χ0) is 24.6. The largest absolute Gasteiger partial charge is 0.369 e. The summed E-state index contributed by atoms with van der Waals surface area (Å²) in [7, 11) is 2.16. The summed E-state index contributed by atoms with van der Waals surface area (Å²) < 4.78 is 3.62. The van der Waals surface area contributed by atoms with Gasteiger partial charge in [0.25, 0.3) is 5.56 Å². The highest BCUT2D eigenvalue weighted by molar-refractivity contribution is 6.02. The Balaban J connectivity index is 1.30. The van der Waals surface area contributed by atoms with E-state index in [2.05, 4.69) is 64.1 Å². The number of likely N-dealkylation sites (N-methyl/N-ethyl adjacent to an activating group) is 1. The number of anilines is 3. The second-order valence-corrected chi connectivity index (χ2v) is 9.79. The molecule has 2 aliphatic heterocycles. The van der Waals surface area contributed by atoms with E-state index in [4.69, 9.17) is 9.98 Å². The molecule has 0 amide bonds. The van der Waals surface area contributed by atoms with Crippen LogP contribution in [0.5, 0.6) is 0 Å². The van der Waals surface area contributed by atoms with E-state index in [1.807, 2.05) is 4.68 Å². The van der Waals surface area contributed by atoms with Gasteiger partial charge in [0.2, 0.25) is 5.95 Å². The smallest absolute Gasteiger partial charge is 0.278 e.